The first-order valence-corrected chi connectivity index (χ1v) is 6.82. The van der Waals surface area contributed by atoms with E-state index < -0.39 is 23.6 Å². The zero-order valence-electron chi connectivity index (χ0n) is 12.6. The van der Waals surface area contributed by atoms with Crippen LogP contribution in [0.3, 0.4) is 0 Å². The summed E-state index contributed by atoms with van der Waals surface area (Å²) >= 11 is 0. The van der Waals surface area contributed by atoms with E-state index in [1.54, 1.807) is 25.1 Å². The second-order valence-corrected chi connectivity index (χ2v) is 5.08. The molecule has 2 amide bonds. The Labute approximate surface area is 135 Å². The average Bonchev–Trinajstić information content (AvgIpc) is 2.50. The Hall–Kier alpha value is -3.03. The molecule has 0 aliphatic carbocycles. The van der Waals surface area contributed by atoms with E-state index in [4.69, 9.17) is 5.73 Å². The van der Waals surface area contributed by atoms with E-state index in [1.807, 2.05) is 0 Å². The summed E-state index contributed by atoms with van der Waals surface area (Å²) in [5.74, 6) is -2.14. The second-order valence-electron chi connectivity index (χ2n) is 5.08. The Balaban J connectivity index is 2.09. The lowest BCUT2D eigenvalue weighted by atomic mass is 10.2. The van der Waals surface area contributed by atoms with Gasteiger partial charge in [0.1, 0.15) is 0 Å². The van der Waals surface area contributed by atoms with Crippen molar-refractivity contribution in [3.63, 3.8) is 0 Å². The monoisotopic (exact) mass is 337 g/mol. The van der Waals surface area contributed by atoms with Gasteiger partial charge in [0.2, 0.25) is 0 Å². The van der Waals surface area contributed by atoms with E-state index >= 15 is 0 Å². The molecule has 0 heterocycles. The van der Waals surface area contributed by atoms with Crippen molar-refractivity contribution >= 4 is 28.9 Å². The van der Waals surface area contributed by atoms with Crippen LogP contribution in [0.5, 0.6) is 0 Å². The van der Waals surface area contributed by atoms with Gasteiger partial charge in [-0.3, -0.25) is 9.59 Å². The number of alkyl halides is 3. The molecule has 0 fully saturated rings. The first-order chi connectivity index (χ1) is 11.2. The van der Waals surface area contributed by atoms with E-state index in [-0.39, 0.29) is 17.1 Å². The fraction of sp³-hybridized carbons (Fsp3) is 0.125. The zero-order valence-corrected chi connectivity index (χ0v) is 12.6. The molecule has 0 saturated heterocycles. The minimum Gasteiger partial charge on any atom is -0.397 e. The third-order valence-electron chi connectivity index (χ3n) is 3.11. The largest absolute Gasteiger partial charge is 0.416 e. The molecule has 24 heavy (non-hydrogen) atoms. The fourth-order valence-electron chi connectivity index (χ4n) is 1.92. The van der Waals surface area contributed by atoms with Crippen LogP contribution < -0.4 is 16.4 Å². The van der Waals surface area contributed by atoms with Gasteiger partial charge in [-0.2, -0.15) is 13.2 Å². The van der Waals surface area contributed by atoms with Crippen molar-refractivity contribution in [3.05, 3.63) is 53.6 Å². The summed E-state index contributed by atoms with van der Waals surface area (Å²) in [6.07, 6.45) is -4.54. The van der Waals surface area contributed by atoms with Gasteiger partial charge in [-0.15, -0.1) is 0 Å². The van der Waals surface area contributed by atoms with Crippen LogP contribution in [0.1, 0.15) is 11.1 Å². The summed E-state index contributed by atoms with van der Waals surface area (Å²) in [7, 11) is 0. The van der Waals surface area contributed by atoms with Crippen molar-refractivity contribution in [3.8, 4) is 0 Å². The minimum atomic E-state index is -4.54. The normalized spacial score (nSPS) is 11.0. The molecule has 0 atom stereocenters. The minimum absolute atomic E-state index is 0.137. The van der Waals surface area contributed by atoms with Crippen LogP contribution >= 0.6 is 0 Å². The zero-order chi connectivity index (χ0) is 17.9. The number of hydrogen-bond donors (Lipinski definition) is 3. The molecule has 2 rings (SSSR count). The van der Waals surface area contributed by atoms with Gasteiger partial charge in [0.15, 0.2) is 0 Å². The number of hydrogen-bond acceptors (Lipinski definition) is 3. The third kappa shape index (κ3) is 4.25. The van der Waals surface area contributed by atoms with Crippen LogP contribution in [0.4, 0.5) is 30.2 Å². The van der Waals surface area contributed by atoms with E-state index in [9.17, 15) is 22.8 Å². The van der Waals surface area contributed by atoms with Gasteiger partial charge >= 0.3 is 18.0 Å². The molecular formula is C16H14F3N3O2. The van der Waals surface area contributed by atoms with Crippen LogP contribution in [-0.4, -0.2) is 11.8 Å². The molecular weight excluding hydrogens is 323 g/mol. The first kappa shape index (κ1) is 17.3. The maximum absolute atomic E-state index is 12.6. The highest BCUT2D eigenvalue weighted by Crippen LogP contribution is 2.30. The maximum Gasteiger partial charge on any atom is 0.416 e. The van der Waals surface area contributed by atoms with E-state index in [1.165, 1.54) is 6.07 Å². The lowest BCUT2D eigenvalue weighted by Gasteiger charge is -2.11. The molecule has 2 aromatic carbocycles. The number of amides is 2. The SMILES string of the molecule is Cc1ccc(N)c(NC(=O)C(=O)Nc2cccc(C(F)(F)F)c2)c1. The Kier molecular flexibility index (Phi) is 4.77. The molecule has 0 aromatic heterocycles. The Morgan fingerprint density at radius 1 is 1.00 bits per heavy atom. The topological polar surface area (TPSA) is 84.2 Å². The standard InChI is InChI=1S/C16H14F3N3O2/c1-9-5-6-12(20)13(7-9)22-15(24)14(23)21-11-4-2-3-10(8-11)16(17,18)19/h2-8H,20H2,1H3,(H,21,23)(H,22,24). The molecule has 0 spiro atoms. The highest BCUT2D eigenvalue weighted by molar-refractivity contribution is 6.43. The van der Waals surface area contributed by atoms with Gasteiger partial charge in [0.05, 0.1) is 16.9 Å². The number of anilines is 3. The fourth-order valence-corrected chi connectivity index (χ4v) is 1.92. The van der Waals surface area contributed by atoms with Gasteiger partial charge < -0.3 is 16.4 Å². The summed E-state index contributed by atoms with van der Waals surface area (Å²) < 4.78 is 37.9. The van der Waals surface area contributed by atoms with Crippen LogP contribution in [0.2, 0.25) is 0 Å². The maximum atomic E-state index is 12.6. The molecule has 2 aromatic rings. The van der Waals surface area contributed by atoms with Crippen LogP contribution in [0.25, 0.3) is 0 Å². The molecule has 5 nitrogen and oxygen atoms in total. The second kappa shape index (κ2) is 6.61. The molecule has 0 aliphatic heterocycles. The quantitative estimate of drug-likeness (QED) is 0.581. The van der Waals surface area contributed by atoms with Gasteiger partial charge in [0.25, 0.3) is 0 Å². The number of rotatable bonds is 2. The van der Waals surface area contributed by atoms with Crippen LogP contribution in [0, 0.1) is 6.92 Å². The van der Waals surface area contributed by atoms with Gasteiger partial charge in [-0.05, 0) is 42.8 Å². The van der Waals surface area contributed by atoms with E-state index in [0.717, 1.165) is 23.8 Å². The number of nitrogens with one attached hydrogen (secondary N) is 2. The lowest BCUT2D eigenvalue weighted by molar-refractivity contribution is -0.137. The molecule has 0 saturated carbocycles. The van der Waals surface area contributed by atoms with Crippen LogP contribution in [0.15, 0.2) is 42.5 Å². The molecule has 0 radical (unpaired) electrons. The summed E-state index contributed by atoms with van der Waals surface area (Å²) in [5, 5.41) is 4.43. The predicted molar refractivity (Wildman–Crippen MR) is 84.3 cm³/mol. The Morgan fingerprint density at radius 3 is 2.33 bits per heavy atom. The molecule has 126 valence electrons. The Bertz CT molecular complexity index is 788. The van der Waals surface area contributed by atoms with Gasteiger partial charge in [-0.25, -0.2) is 0 Å². The van der Waals surface area contributed by atoms with Crippen molar-refractivity contribution in [1.29, 1.82) is 0 Å². The number of aryl methyl sites for hydroxylation is 1. The van der Waals surface area contributed by atoms with Gasteiger partial charge in [0, 0.05) is 5.69 Å². The van der Waals surface area contributed by atoms with Crippen molar-refractivity contribution in [2.45, 2.75) is 13.1 Å². The van der Waals surface area contributed by atoms with Crippen LogP contribution in [-0.2, 0) is 15.8 Å². The summed E-state index contributed by atoms with van der Waals surface area (Å²) in [5.41, 5.74) is 5.95. The van der Waals surface area contributed by atoms with Crippen molar-refractivity contribution in [2.24, 2.45) is 0 Å². The van der Waals surface area contributed by atoms with Crippen molar-refractivity contribution < 1.29 is 22.8 Å². The summed E-state index contributed by atoms with van der Waals surface area (Å²) in [6.45, 7) is 1.78. The van der Waals surface area contributed by atoms with Gasteiger partial charge in [-0.1, -0.05) is 12.1 Å². The highest BCUT2D eigenvalue weighted by atomic mass is 19.4. The number of nitrogen functional groups attached to an aromatic ring is 1. The number of benzene rings is 2. The van der Waals surface area contributed by atoms with E-state index in [2.05, 4.69) is 10.6 Å². The van der Waals surface area contributed by atoms with Crippen molar-refractivity contribution in [1.82, 2.24) is 0 Å². The lowest BCUT2D eigenvalue weighted by Crippen LogP contribution is -2.29. The highest BCUT2D eigenvalue weighted by Gasteiger charge is 2.30. The first-order valence-electron chi connectivity index (χ1n) is 6.82. The van der Waals surface area contributed by atoms with Crippen molar-refractivity contribution in [2.75, 3.05) is 16.4 Å². The molecule has 8 heteroatoms. The molecule has 0 bridgehead atoms. The summed E-state index contributed by atoms with van der Waals surface area (Å²) in [4.78, 5) is 23.7. The number of carbonyl (C=O) groups excluding carboxylic acids is 2. The summed E-state index contributed by atoms with van der Waals surface area (Å²) in [6, 6.07) is 8.86. The average molecular weight is 337 g/mol. The smallest absolute Gasteiger partial charge is 0.397 e. The number of carbonyl (C=O) groups is 2. The van der Waals surface area contributed by atoms with E-state index in [0.29, 0.717) is 0 Å². The molecule has 4 N–H and O–H groups in total. The number of nitrogens with two attached hydrogens (primary N) is 1. The predicted octanol–water partition coefficient (Wildman–Crippen LogP) is 3.17. The molecule has 0 aliphatic rings. The number of halogens is 3. The third-order valence-corrected chi connectivity index (χ3v) is 3.11. The Morgan fingerprint density at radius 2 is 1.67 bits per heavy atom. The molecule has 0 unspecified atom stereocenters.